The van der Waals surface area contributed by atoms with Gasteiger partial charge in [0.25, 0.3) is 11.8 Å². The minimum atomic E-state index is -0.588. The number of hydrogen-bond donors (Lipinski definition) is 3. The van der Waals surface area contributed by atoms with Crippen molar-refractivity contribution in [2.45, 2.75) is 17.1 Å². The number of thioether (sulfide) groups is 1. The van der Waals surface area contributed by atoms with E-state index in [0.29, 0.717) is 16.4 Å². The summed E-state index contributed by atoms with van der Waals surface area (Å²) in [7, 11) is 0. The van der Waals surface area contributed by atoms with Crippen LogP contribution in [0.3, 0.4) is 0 Å². The minimum absolute atomic E-state index is 0.0898. The first kappa shape index (κ1) is 29.4. The average molecular weight is 606 g/mol. The van der Waals surface area contributed by atoms with E-state index in [1.807, 2.05) is 79.7 Å². The van der Waals surface area contributed by atoms with Gasteiger partial charge in [0, 0.05) is 16.1 Å². The zero-order chi connectivity index (χ0) is 30.0. The fourth-order valence-corrected chi connectivity index (χ4v) is 5.74. The van der Waals surface area contributed by atoms with Crippen LogP contribution in [-0.2, 0) is 9.59 Å². The molecule has 4 aromatic carbocycles. The predicted molar refractivity (Wildman–Crippen MR) is 172 cm³/mol. The largest absolute Gasteiger partial charge is 0.321 e. The normalized spacial score (nSPS) is 11.8. The minimum Gasteiger partial charge on any atom is -0.321 e. The first-order valence-corrected chi connectivity index (χ1v) is 15.0. The molecule has 214 valence electrons. The van der Waals surface area contributed by atoms with E-state index in [1.165, 1.54) is 23.1 Å². The molecule has 8 nitrogen and oxygen atoms in total. The van der Waals surface area contributed by atoms with E-state index in [9.17, 15) is 14.4 Å². The Kier molecular flexibility index (Phi) is 9.73. The van der Waals surface area contributed by atoms with E-state index in [0.717, 1.165) is 21.0 Å². The Balaban J connectivity index is 1.36. The third kappa shape index (κ3) is 8.25. The van der Waals surface area contributed by atoms with E-state index in [-0.39, 0.29) is 11.6 Å². The Morgan fingerprint density at radius 3 is 2.14 bits per heavy atom. The molecule has 10 heteroatoms. The van der Waals surface area contributed by atoms with Gasteiger partial charge in [-0.3, -0.25) is 19.7 Å². The summed E-state index contributed by atoms with van der Waals surface area (Å²) in [4.78, 5) is 40.5. The lowest BCUT2D eigenvalue weighted by Gasteiger charge is -2.17. The molecule has 1 atom stereocenters. The third-order valence-corrected chi connectivity index (χ3v) is 8.08. The van der Waals surface area contributed by atoms with Crippen molar-refractivity contribution in [1.29, 1.82) is 0 Å². The number of aryl methyl sites for hydroxylation is 1. The average Bonchev–Trinajstić information content (AvgIpc) is 3.45. The molecule has 0 spiro atoms. The fraction of sp³-hybridized carbons (Fsp3) is 0.0606. The molecule has 1 aromatic heterocycles. The fourth-order valence-electron chi connectivity index (χ4n) is 4.06. The van der Waals surface area contributed by atoms with Gasteiger partial charge in [-0.05, 0) is 54.5 Å². The van der Waals surface area contributed by atoms with E-state index < -0.39 is 17.1 Å². The van der Waals surface area contributed by atoms with Crippen molar-refractivity contribution in [3.05, 3.63) is 143 Å². The Morgan fingerprint density at radius 2 is 1.47 bits per heavy atom. The van der Waals surface area contributed by atoms with Crippen LogP contribution in [0.5, 0.6) is 0 Å². The Morgan fingerprint density at radius 1 is 0.791 bits per heavy atom. The summed E-state index contributed by atoms with van der Waals surface area (Å²) in [6.07, 6.45) is 1.62. The van der Waals surface area contributed by atoms with Crippen molar-refractivity contribution in [3.63, 3.8) is 0 Å². The monoisotopic (exact) mass is 605 g/mol. The summed E-state index contributed by atoms with van der Waals surface area (Å²) < 4.78 is 0. The molecule has 1 unspecified atom stereocenters. The first-order valence-electron chi connectivity index (χ1n) is 13.3. The van der Waals surface area contributed by atoms with Crippen LogP contribution in [-0.4, -0.2) is 27.9 Å². The molecule has 0 radical (unpaired) electrons. The van der Waals surface area contributed by atoms with Crippen LogP contribution in [0, 0.1) is 6.92 Å². The lowest BCUT2D eigenvalue weighted by atomic mass is 10.1. The highest BCUT2D eigenvalue weighted by Gasteiger charge is 2.24. The zero-order valence-corrected chi connectivity index (χ0v) is 24.7. The van der Waals surface area contributed by atoms with Gasteiger partial charge in [-0.1, -0.05) is 96.3 Å². The van der Waals surface area contributed by atoms with Crippen molar-refractivity contribution in [1.82, 2.24) is 15.5 Å². The third-order valence-electron chi connectivity index (χ3n) is 6.08. The van der Waals surface area contributed by atoms with Gasteiger partial charge < -0.3 is 10.6 Å². The molecule has 43 heavy (non-hydrogen) atoms. The second-order valence-electron chi connectivity index (χ2n) is 9.29. The number of aromatic nitrogens is 2. The molecule has 0 saturated carbocycles. The summed E-state index contributed by atoms with van der Waals surface area (Å²) in [5.41, 5.74) is 2.61. The van der Waals surface area contributed by atoms with Crippen LogP contribution < -0.4 is 16.0 Å². The molecule has 0 aliphatic rings. The Labute approximate surface area is 257 Å². The molecule has 0 fully saturated rings. The number of nitrogens with zero attached hydrogens (tertiary/aromatic N) is 2. The summed E-state index contributed by atoms with van der Waals surface area (Å²) in [5, 5.41) is 17.1. The molecule has 1 heterocycles. The van der Waals surface area contributed by atoms with Crippen LogP contribution in [0.15, 0.2) is 126 Å². The van der Waals surface area contributed by atoms with Gasteiger partial charge in [0.15, 0.2) is 0 Å². The second-order valence-corrected chi connectivity index (χ2v) is 11.7. The van der Waals surface area contributed by atoms with Crippen LogP contribution in [0.25, 0.3) is 6.08 Å². The van der Waals surface area contributed by atoms with Crippen LogP contribution in [0.2, 0.25) is 0 Å². The second kappa shape index (κ2) is 14.2. The van der Waals surface area contributed by atoms with Gasteiger partial charge in [0.1, 0.15) is 16.0 Å². The number of amides is 3. The molecule has 0 bridgehead atoms. The molecule has 3 N–H and O–H groups in total. The smallest absolute Gasteiger partial charge is 0.272 e. The number of hydrogen-bond acceptors (Lipinski definition) is 7. The highest BCUT2D eigenvalue weighted by molar-refractivity contribution is 8.00. The van der Waals surface area contributed by atoms with E-state index in [2.05, 4.69) is 26.1 Å². The van der Waals surface area contributed by atoms with Crippen molar-refractivity contribution < 1.29 is 14.4 Å². The number of benzene rings is 4. The molecular formula is C33H27N5O3S2. The zero-order valence-electron chi connectivity index (χ0n) is 23.1. The van der Waals surface area contributed by atoms with Crippen LogP contribution in [0.4, 0.5) is 10.8 Å². The van der Waals surface area contributed by atoms with Crippen molar-refractivity contribution >= 4 is 57.7 Å². The van der Waals surface area contributed by atoms with Gasteiger partial charge in [-0.25, -0.2) is 0 Å². The number of rotatable bonds is 10. The quantitative estimate of drug-likeness (QED) is 0.120. The van der Waals surface area contributed by atoms with E-state index >= 15 is 0 Å². The molecule has 5 aromatic rings. The van der Waals surface area contributed by atoms with Gasteiger partial charge >= 0.3 is 0 Å². The highest BCUT2D eigenvalue weighted by Crippen LogP contribution is 2.37. The highest BCUT2D eigenvalue weighted by atomic mass is 32.2. The Hall–Kier alpha value is -5.06. The number of carbonyl (C=O) groups excluding carboxylic acids is 3. The molecule has 0 aliphatic heterocycles. The van der Waals surface area contributed by atoms with Crippen LogP contribution in [0.1, 0.15) is 31.7 Å². The summed E-state index contributed by atoms with van der Waals surface area (Å²) in [5.74, 6) is -1.12. The molecule has 0 saturated heterocycles. The number of carbonyl (C=O) groups is 3. The number of anilines is 2. The number of nitrogens with one attached hydrogen (secondary N) is 3. The maximum absolute atomic E-state index is 13.5. The Bertz CT molecular complexity index is 1740. The van der Waals surface area contributed by atoms with E-state index in [1.54, 1.807) is 48.5 Å². The molecule has 0 aliphatic carbocycles. The molecular weight excluding hydrogens is 579 g/mol. The maximum Gasteiger partial charge on any atom is 0.272 e. The maximum atomic E-state index is 13.5. The van der Waals surface area contributed by atoms with Gasteiger partial charge in [0.05, 0.1) is 0 Å². The van der Waals surface area contributed by atoms with Crippen LogP contribution >= 0.6 is 23.1 Å². The SMILES string of the molecule is Cc1nnc(NC(=O)C(Sc2cccc(NC(=O)/C(=C/c3ccccc3)NC(=O)c3ccccc3)c2)c2ccccc2)s1. The van der Waals surface area contributed by atoms with Crippen molar-refractivity contribution in [3.8, 4) is 0 Å². The summed E-state index contributed by atoms with van der Waals surface area (Å²) in [6.45, 7) is 1.82. The summed E-state index contributed by atoms with van der Waals surface area (Å²) >= 11 is 2.65. The molecule has 5 rings (SSSR count). The summed E-state index contributed by atoms with van der Waals surface area (Å²) in [6, 6.07) is 34.6. The topological polar surface area (TPSA) is 113 Å². The van der Waals surface area contributed by atoms with Crippen molar-refractivity contribution in [2.24, 2.45) is 0 Å². The lowest BCUT2D eigenvalue weighted by molar-refractivity contribution is -0.116. The van der Waals surface area contributed by atoms with E-state index in [4.69, 9.17) is 0 Å². The molecule has 3 amide bonds. The standard InChI is InChI=1S/C33H27N5O3S2/c1-22-37-38-33(42-22)36-32(41)29(24-14-7-3-8-15-24)43-27-19-11-18-26(21-27)34-31(40)28(20-23-12-5-2-6-13-23)35-30(39)25-16-9-4-10-17-25/h2-21,29H,1H3,(H,34,40)(H,35,39)(H,36,38,41)/b28-20-. The van der Waals surface area contributed by atoms with Gasteiger partial charge in [-0.15, -0.1) is 22.0 Å². The predicted octanol–water partition coefficient (Wildman–Crippen LogP) is 6.73. The van der Waals surface area contributed by atoms with Gasteiger partial charge in [-0.2, -0.15) is 0 Å². The van der Waals surface area contributed by atoms with Crippen molar-refractivity contribution in [2.75, 3.05) is 10.6 Å². The first-order chi connectivity index (χ1) is 20.9. The lowest BCUT2D eigenvalue weighted by Crippen LogP contribution is -2.30. The van der Waals surface area contributed by atoms with Gasteiger partial charge in [0.2, 0.25) is 11.0 Å².